The lowest BCUT2D eigenvalue weighted by atomic mass is 10.2. The standard InChI is InChI=1S/C15H23N3O3S2/c1-12-11-16-6-9-18(12)14(19)10-13-4-5-15(22-13)23(20,21)17-7-2-3-8-17/h4-5,12,16H,2-3,6-11H2,1H3/t12-/m1/s1. The summed E-state index contributed by atoms with van der Waals surface area (Å²) in [5, 5.41) is 3.26. The highest BCUT2D eigenvalue weighted by atomic mass is 32.2. The topological polar surface area (TPSA) is 69.7 Å². The van der Waals surface area contributed by atoms with Crippen LogP contribution in [-0.4, -0.2) is 62.3 Å². The van der Waals surface area contributed by atoms with E-state index in [9.17, 15) is 13.2 Å². The third kappa shape index (κ3) is 3.60. The lowest BCUT2D eigenvalue weighted by Gasteiger charge is -2.34. The molecule has 1 aromatic rings. The van der Waals surface area contributed by atoms with Gasteiger partial charge in [-0.15, -0.1) is 11.3 Å². The third-order valence-corrected chi connectivity index (χ3v) is 7.89. The molecule has 0 unspecified atom stereocenters. The van der Waals surface area contributed by atoms with Crippen LogP contribution in [-0.2, 0) is 21.2 Å². The molecule has 6 nitrogen and oxygen atoms in total. The fraction of sp³-hybridized carbons (Fsp3) is 0.667. The zero-order valence-corrected chi connectivity index (χ0v) is 15.0. The van der Waals surface area contributed by atoms with E-state index >= 15 is 0 Å². The number of sulfonamides is 1. The second kappa shape index (κ2) is 6.88. The van der Waals surface area contributed by atoms with Crippen LogP contribution in [0, 0.1) is 0 Å². The van der Waals surface area contributed by atoms with Gasteiger partial charge in [0.1, 0.15) is 4.21 Å². The molecule has 8 heteroatoms. The van der Waals surface area contributed by atoms with E-state index in [0.717, 1.165) is 30.8 Å². The molecule has 0 spiro atoms. The van der Waals surface area contributed by atoms with Crippen molar-refractivity contribution >= 4 is 27.3 Å². The second-order valence-electron chi connectivity index (χ2n) is 6.15. The number of nitrogens with zero attached hydrogens (tertiary/aromatic N) is 2. The van der Waals surface area contributed by atoms with Crippen molar-refractivity contribution in [3.63, 3.8) is 0 Å². The lowest BCUT2D eigenvalue weighted by molar-refractivity contribution is -0.133. The van der Waals surface area contributed by atoms with Crippen LogP contribution in [0.4, 0.5) is 0 Å². The molecule has 23 heavy (non-hydrogen) atoms. The minimum Gasteiger partial charge on any atom is -0.337 e. The average molecular weight is 358 g/mol. The van der Waals surface area contributed by atoms with Gasteiger partial charge in [-0.25, -0.2) is 8.42 Å². The van der Waals surface area contributed by atoms with Crippen LogP contribution in [0.25, 0.3) is 0 Å². The number of rotatable bonds is 4. The van der Waals surface area contributed by atoms with Gasteiger partial charge in [-0.3, -0.25) is 4.79 Å². The Labute approximate surface area is 141 Å². The monoisotopic (exact) mass is 357 g/mol. The van der Waals surface area contributed by atoms with Crippen LogP contribution >= 0.6 is 11.3 Å². The number of thiophene rings is 1. The highest BCUT2D eigenvalue weighted by molar-refractivity contribution is 7.91. The smallest absolute Gasteiger partial charge is 0.252 e. The maximum Gasteiger partial charge on any atom is 0.252 e. The Morgan fingerprint density at radius 3 is 2.74 bits per heavy atom. The fourth-order valence-electron chi connectivity index (χ4n) is 3.11. The van der Waals surface area contributed by atoms with E-state index in [1.807, 2.05) is 11.8 Å². The Balaban J connectivity index is 1.68. The SMILES string of the molecule is C[C@@H]1CNCCN1C(=O)Cc1ccc(S(=O)(=O)N2CCCC2)s1. The number of piperazine rings is 1. The van der Waals surface area contributed by atoms with Crippen LogP contribution in [0.2, 0.25) is 0 Å². The summed E-state index contributed by atoms with van der Waals surface area (Å²) in [4.78, 5) is 15.1. The first-order valence-corrected chi connectivity index (χ1v) is 10.3. The predicted molar refractivity (Wildman–Crippen MR) is 90.1 cm³/mol. The van der Waals surface area contributed by atoms with Crippen molar-refractivity contribution in [3.05, 3.63) is 17.0 Å². The summed E-state index contributed by atoms with van der Waals surface area (Å²) in [6.45, 7) is 5.57. The fourth-order valence-corrected chi connectivity index (χ4v) is 6.13. The van der Waals surface area contributed by atoms with E-state index < -0.39 is 10.0 Å². The van der Waals surface area contributed by atoms with Gasteiger partial charge in [0.2, 0.25) is 5.91 Å². The highest BCUT2D eigenvalue weighted by Gasteiger charge is 2.29. The number of nitrogens with one attached hydrogen (secondary N) is 1. The van der Waals surface area contributed by atoms with Crippen molar-refractivity contribution in [1.82, 2.24) is 14.5 Å². The van der Waals surface area contributed by atoms with Crippen LogP contribution in [0.5, 0.6) is 0 Å². The molecule has 0 bridgehead atoms. The predicted octanol–water partition coefficient (Wildman–Crippen LogP) is 0.895. The van der Waals surface area contributed by atoms with Gasteiger partial charge in [-0.1, -0.05) is 0 Å². The Morgan fingerprint density at radius 1 is 1.30 bits per heavy atom. The first-order chi connectivity index (χ1) is 11.0. The molecule has 3 heterocycles. The normalized spacial score (nSPS) is 23.3. The van der Waals surface area contributed by atoms with Crippen LogP contribution in [0.1, 0.15) is 24.6 Å². The first-order valence-electron chi connectivity index (χ1n) is 8.07. The summed E-state index contributed by atoms with van der Waals surface area (Å²) in [7, 11) is -3.37. The van der Waals surface area contributed by atoms with Crippen LogP contribution in [0.3, 0.4) is 0 Å². The van der Waals surface area contributed by atoms with Gasteiger partial charge in [-0.2, -0.15) is 4.31 Å². The number of hydrogen-bond acceptors (Lipinski definition) is 5. The van der Waals surface area contributed by atoms with Crippen molar-refractivity contribution in [2.24, 2.45) is 0 Å². The molecule has 2 aliphatic rings. The largest absolute Gasteiger partial charge is 0.337 e. The molecule has 1 N–H and O–H groups in total. The molecule has 1 aromatic heterocycles. The zero-order valence-electron chi connectivity index (χ0n) is 13.3. The molecular weight excluding hydrogens is 334 g/mol. The molecule has 3 rings (SSSR count). The molecule has 0 aromatic carbocycles. The summed E-state index contributed by atoms with van der Waals surface area (Å²) in [6.07, 6.45) is 2.14. The van der Waals surface area contributed by atoms with Gasteiger partial charge in [0.15, 0.2) is 0 Å². The average Bonchev–Trinajstić information content (AvgIpc) is 3.19. The molecular formula is C15H23N3O3S2. The Morgan fingerprint density at radius 2 is 2.04 bits per heavy atom. The summed E-state index contributed by atoms with van der Waals surface area (Å²) in [5.74, 6) is 0.0750. The van der Waals surface area contributed by atoms with Crippen LogP contribution < -0.4 is 5.32 Å². The summed E-state index contributed by atoms with van der Waals surface area (Å²) in [5.41, 5.74) is 0. The Bertz CT molecular complexity index is 665. The van der Waals surface area contributed by atoms with Gasteiger partial charge in [0, 0.05) is 43.6 Å². The molecule has 0 saturated carbocycles. The quantitative estimate of drug-likeness (QED) is 0.869. The summed E-state index contributed by atoms with van der Waals surface area (Å²) >= 11 is 1.23. The Hall–Kier alpha value is -0.960. The molecule has 0 radical (unpaired) electrons. The zero-order chi connectivity index (χ0) is 16.4. The van der Waals surface area contributed by atoms with Gasteiger partial charge in [0.25, 0.3) is 10.0 Å². The lowest BCUT2D eigenvalue weighted by Crippen LogP contribution is -2.52. The number of amides is 1. The minimum absolute atomic E-state index is 0.0750. The molecule has 2 aliphatic heterocycles. The van der Waals surface area contributed by atoms with Crippen molar-refractivity contribution < 1.29 is 13.2 Å². The number of hydrogen-bond donors (Lipinski definition) is 1. The van der Waals surface area contributed by atoms with Crippen molar-refractivity contribution in [2.75, 3.05) is 32.7 Å². The van der Waals surface area contributed by atoms with Gasteiger partial charge >= 0.3 is 0 Å². The van der Waals surface area contributed by atoms with E-state index in [2.05, 4.69) is 5.32 Å². The van der Waals surface area contributed by atoms with Crippen molar-refractivity contribution in [1.29, 1.82) is 0 Å². The molecule has 1 atom stereocenters. The third-order valence-electron chi connectivity index (χ3n) is 4.44. The van der Waals surface area contributed by atoms with E-state index in [4.69, 9.17) is 0 Å². The van der Waals surface area contributed by atoms with Crippen molar-refractivity contribution in [3.8, 4) is 0 Å². The van der Waals surface area contributed by atoms with Gasteiger partial charge in [-0.05, 0) is 31.9 Å². The van der Waals surface area contributed by atoms with E-state index in [1.165, 1.54) is 11.3 Å². The van der Waals surface area contributed by atoms with Crippen molar-refractivity contribution in [2.45, 2.75) is 36.4 Å². The van der Waals surface area contributed by atoms with E-state index in [0.29, 0.717) is 23.8 Å². The number of carbonyl (C=O) groups excluding carboxylic acids is 1. The highest BCUT2D eigenvalue weighted by Crippen LogP contribution is 2.28. The van der Waals surface area contributed by atoms with Crippen LogP contribution in [0.15, 0.2) is 16.3 Å². The minimum atomic E-state index is -3.37. The molecule has 1 amide bonds. The molecule has 128 valence electrons. The molecule has 2 saturated heterocycles. The first kappa shape index (κ1) is 16.9. The van der Waals surface area contributed by atoms with Gasteiger partial charge in [0.05, 0.1) is 6.42 Å². The molecule has 0 aliphatic carbocycles. The summed E-state index contributed by atoms with van der Waals surface area (Å²) in [6, 6.07) is 3.60. The maximum absolute atomic E-state index is 12.5. The molecule has 2 fully saturated rings. The number of carbonyl (C=O) groups is 1. The maximum atomic E-state index is 12.5. The summed E-state index contributed by atoms with van der Waals surface area (Å²) < 4.78 is 26.9. The second-order valence-corrected chi connectivity index (χ2v) is 9.48. The van der Waals surface area contributed by atoms with Gasteiger partial charge < -0.3 is 10.2 Å². The van der Waals surface area contributed by atoms with E-state index in [-0.39, 0.29) is 18.4 Å². The van der Waals surface area contributed by atoms with E-state index in [1.54, 1.807) is 16.4 Å². The Kier molecular flexibility index (Phi) is 5.05.